The molecule has 4 aliphatic carbocycles. The van der Waals surface area contributed by atoms with Crippen LogP contribution in [0.2, 0.25) is 0 Å². The van der Waals surface area contributed by atoms with Crippen LogP contribution in [0.3, 0.4) is 0 Å². The predicted molar refractivity (Wildman–Crippen MR) is 81.1 cm³/mol. The van der Waals surface area contributed by atoms with Crippen molar-refractivity contribution >= 4 is 5.82 Å². The zero-order valence-electron chi connectivity index (χ0n) is 12.5. The maximum absolute atomic E-state index is 6.17. The van der Waals surface area contributed by atoms with Gasteiger partial charge in [-0.1, -0.05) is 13.3 Å². The molecule has 0 saturated heterocycles. The lowest BCUT2D eigenvalue weighted by atomic mass is 9.50. The van der Waals surface area contributed by atoms with E-state index in [1.165, 1.54) is 44.9 Å². The molecular weight excluding hydrogens is 246 g/mol. The lowest BCUT2D eigenvalue weighted by Crippen LogP contribution is -2.48. The van der Waals surface area contributed by atoms with Crippen molar-refractivity contribution in [1.29, 1.82) is 0 Å². The van der Waals surface area contributed by atoms with Gasteiger partial charge in [-0.05, 0) is 74.2 Å². The van der Waals surface area contributed by atoms with Crippen LogP contribution in [-0.4, -0.2) is 9.78 Å². The minimum Gasteiger partial charge on any atom is -0.384 e. The summed E-state index contributed by atoms with van der Waals surface area (Å²) in [4.78, 5) is 0. The van der Waals surface area contributed by atoms with Crippen LogP contribution in [0.5, 0.6) is 0 Å². The Morgan fingerprint density at radius 3 is 2.35 bits per heavy atom. The summed E-state index contributed by atoms with van der Waals surface area (Å²) in [5.41, 5.74) is 6.17. The number of nitrogens with two attached hydrogens (primary N) is 1. The van der Waals surface area contributed by atoms with Gasteiger partial charge in [0.15, 0.2) is 0 Å². The predicted octanol–water partition coefficient (Wildman–Crippen LogP) is 3.88. The maximum atomic E-state index is 6.17. The monoisotopic (exact) mass is 273 g/mol. The molecule has 1 aromatic heterocycles. The topological polar surface area (TPSA) is 43.8 Å². The summed E-state index contributed by atoms with van der Waals surface area (Å²) < 4.78 is 2.15. The average molecular weight is 273 g/mol. The summed E-state index contributed by atoms with van der Waals surface area (Å²) in [5, 5.41) is 4.56. The van der Waals surface area contributed by atoms with Gasteiger partial charge in [0, 0.05) is 0 Å². The van der Waals surface area contributed by atoms with Gasteiger partial charge in [0.05, 0.1) is 12.2 Å². The molecule has 4 aliphatic rings. The molecule has 1 heterocycles. The smallest absolute Gasteiger partial charge is 0.121 e. The van der Waals surface area contributed by atoms with Crippen molar-refractivity contribution < 1.29 is 0 Å². The quantitative estimate of drug-likeness (QED) is 0.904. The fourth-order valence-electron chi connectivity index (χ4n) is 5.97. The van der Waals surface area contributed by atoms with E-state index in [9.17, 15) is 0 Å². The summed E-state index contributed by atoms with van der Waals surface area (Å²) in [5.74, 6) is 5.69. The normalized spacial score (nSPS) is 40.1. The van der Waals surface area contributed by atoms with Crippen LogP contribution in [0.15, 0.2) is 12.3 Å². The van der Waals surface area contributed by atoms with E-state index >= 15 is 0 Å². The number of aromatic nitrogens is 2. The van der Waals surface area contributed by atoms with E-state index in [4.69, 9.17) is 5.73 Å². The molecule has 0 radical (unpaired) electrons. The van der Waals surface area contributed by atoms with Crippen molar-refractivity contribution in [3.63, 3.8) is 0 Å². The largest absolute Gasteiger partial charge is 0.384 e. The number of hydrogen-bond acceptors (Lipinski definition) is 2. The highest BCUT2D eigenvalue weighted by Crippen LogP contribution is 2.59. The van der Waals surface area contributed by atoms with E-state index in [1.807, 2.05) is 12.3 Å². The summed E-state index contributed by atoms with van der Waals surface area (Å²) in [7, 11) is 0. The fraction of sp³-hybridized carbons (Fsp3) is 0.824. The first kappa shape index (κ1) is 12.7. The molecule has 1 unspecified atom stereocenters. The molecule has 1 atom stereocenters. The Bertz CT molecular complexity index is 450. The van der Waals surface area contributed by atoms with Crippen molar-refractivity contribution in [3.8, 4) is 0 Å². The Balaban J connectivity index is 1.65. The molecule has 3 nitrogen and oxygen atoms in total. The van der Waals surface area contributed by atoms with Gasteiger partial charge in [-0.2, -0.15) is 5.10 Å². The molecule has 0 aliphatic heterocycles. The Morgan fingerprint density at radius 2 is 1.85 bits per heavy atom. The third-order valence-electron chi connectivity index (χ3n) is 6.34. The van der Waals surface area contributed by atoms with E-state index in [0.717, 1.165) is 35.4 Å². The highest BCUT2D eigenvalue weighted by molar-refractivity contribution is 5.27. The van der Waals surface area contributed by atoms with Crippen molar-refractivity contribution in [2.24, 2.45) is 29.6 Å². The molecule has 4 fully saturated rings. The first-order chi connectivity index (χ1) is 9.76. The van der Waals surface area contributed by atoms with Crippen LogP contribution in [0.25, 0.3) is 0 Å². The van der Waals surface area contributed by atoms with Crippen molar-refractivity contribution in [2.45, 2.75) is 57.9 Å². The number of anilines is 1. The molecule has 0 aromatic carbocycles. The van der Waals surface area contributed by atoms with Gasteiger partial charge in [-0.15, -0.1) is 0 Å². The first-order valence-corrected chi connectivity index (χ1v) is 8.55. The van der Waals surface area contributed by atoms with Crippen LogP contribution in [0, 0.1) is 29.6 Å². The Hall–Kier alpha value is -0.990. The molecule has 110 valence electrons. The molecule has 4 bridgehead atoms. The van der Waals surface area contributed by atoms with E-state index in [0.29, 0.717) is 6.04 Å². The van der Waals surface area contributed by atoms with Crippen LogP contribution in [-0.2, 0) is 0 Å². The van der Waals surface area contributed by atoms with Crippen molar-refractivity contribution in [2.75, 3.05) is 5.73 Å². The number of hydrogen-bond donors (Lipinski definition) is 1. The second-order valence-corrected chi connectivity index (χ2v) is 7.56. The van der Waals surface area contributed by atoms with Crippen LogP contribution >= 0.6 is 0 Å². The molecule has 3 heteroatoms. The Labute approximate surface area is 121 Å². The van der Waals surface area contributed by atoms with Crippen LogP contribution in [0.1, 0.15) is 57.9 Å². The van der Waals surface area contributed by atoms with Gasteiger partial charge >= 0.3 is 0 Å². The van der Waals surface area contributed by atoms with E-state index in [1.54, 1.807) is 0 Å². The number of nitrogens with zero attached hydrogens (tertiary/aromatic N) is 2. The number of rotatable bonds is 4. The molecule has 0 spiro atoms. The van der Waals surface area contributed by atoms with Gasteiger partial charge in [-0.25, -0.2) is 4.68 Å². The molecule has 0 amide bonds. The third-order valence-corrected chi connectivity index (χ3v) is 6.34. The van der Waals surface area contributed by atoms with Gasteiger partial charge in [-0.3, -0.25) is 0 Å². The minimum absolute atomic E-state index is 0.546. The molecule has 1 aromatic rings. The molecule has 4 saturated carbocycles. The second kappa shape index (κ2) is 4.78. The minimum atomic E-state index is 0.546. The highest BCUT2D eigenvalue weighted by Gasteiger charge is 2.50. The Kier molecular flexibility index (Phi) is 3.04. The zero-order chi connectivity index (χ0) is 13.7. The molecule has 5 rings (SSSR count). The lowest BCUT2D eigenvalue weighted by molar-refractivity contribution is -0.0614. The standard InChI is InChI=1S/C17H27N3/c1-2-3-15(20-16(18)4-5-19-20)17-13-7-11-6-12(9-13)10-14(17)8-11/h4-5,11-15,17H,2-3,6-10,18H2,1H3. The number of nitrogen functional groups attached to an aromatic ring is 1. The van der Waals surface area contributed by atoms with E-state index in [-0.39, 0.29) is 0 Å². The van der Waals surface area contributed by atoms with Gasteiger partial charge in [0.2, 0.25) is 0 Å². The van der Waals surface area contributed by atoms with Crippen LogP contribution in [0.4, 0.5) is 5.82 Å². The van der Waals surface area contributed by atoms with E-state index < -0.39 is 0 Å². The lowest BCUT2D eigenvalue weighted by Gasteiger charge is -2.56. The Morgan fingerprint density at radius 1 is 1.20 bits per heavy atom. The molecule has 20 heavy (non-hydrogen) atoms. The van der Waals surface area contributed by atoms with Gasteiger partial charge < -0.3 is 5.73 Å². The third kappa shape index (κ3) is 1.89. The van der Waals surface area contributed by atoms with Crippen LogP contribution < -0.4 is 5.73 Å². The SMILES string of the molecule is CCCC(C1C2CC3CC(C2)CC1C3)n1nccc1N. The van der Waals surface area contributed by atoms with Gasteiger partial charge in [0.25, 0.3) is 0 Å². The molecule has 2 N–H and O–H groups in total. The van der Waals surface area contributed by atoms with Gasteiger partial charge in [0.1, 0.15) is 5.82 Å². The zero-order valence-corrected chi connectivity index (χ0v) is 12.5. The van der Waals surface area contributed by atoms with Crippen molar-refractivity contribution in [1.82, 2.24) is 9.78 Å². The summed E-state index contributed by atoms with van der Waals surface area (Å²) >= 11 is 0. The van der Waals surface area contributed by atoms with Crippen molar-refractivity contribution in [3.05, 3.63) is 12.3 Å². The maximum Gasteiger partial charge on any atom is 0.121 e. The van der Waals surface area contributed by atoms with E-state index in [2.05, 4.69) is 16.7 Å². The summed E-state index contributed by atoms with van der Waals surface area (Å²) in [6.07, 6.45) is 11.8. The first-order valence-electron chi connectivity index (χ1n) is 8.55. The fourth-order valence-corrected chi connectivity index (χ4v) is 5.97. The molecular formula is C17H27N3. The average Bonchev–Trinajstić information content (AvgIpc) is 2.82. The summed E-state index contributed by atoms with van der Waals surface area (Å²) in [6, 6.07) is 2.50. The summed E-state index contributed by atoms with van der Waals surface area (Å²) in [6.45, 7) is 2.29. The second-order valence-electron chi connectivity index (χ2n) is 7.56. The highest BCUT2D eigenvalue weighted by atomic mass is 15.3.